The number of hydrogen-bond acceptors (Lipinski definition) is 4. The number of halogens is 1. The van der Waals surface area contributed by atoms with Gasteiger partial charge >= 0.3 is 5.97 Å². The molecule has 0 amide bonds. The van der Waals surface area contributed by atoms with E-state index in [-0.39, 0.29) is 5.69 Å². The van der Waals surface area contributed by atoms with Crippen LogP contribution in [0.5, 0.6) is 0 Å². The fourth-order valence-corrected chi connectivity index (χ4v) is 1.92. The van der Waals surface area contributed by atoms with E-state index in [1.54, 1.807) is 18.7 Å². The van der Waals surface area contributed by atoms with E-state index in [0.29, 0.717) is 17.3 Å². The predicted octanol–water partition coefficient (Wildman–Crippen LogP) is 1.03. The third-order valence-corrected chi connectivity index (χ3v) is 3.24. The molecular formula is C10H12ClN5O2. The van der Waals surface area contributed by atoms with Crippen molar-refractivity contribution < 1.29 is 9.90 Å². The maximum atomic E-state index is 10.9. The number of aromatic carboxylic acids is 1. The van der Waals surface area contributed by atoms with Crippen molar-refractivity contribution in [2.45, 2.75) is 20.4 Å². The van der Waals surface area contributed by atoms with Crippen molar-refractivity contribution in [2.75, 3.05) is 0 Å². The Labute approximate surface area is 108 Å². The van der Waals surface area contributed by atoms with E-state index >= 15 is 0 Å². The molecule has 2 rings (SSSR count). The quantitative estimate of drug-likeness (QED) is 0.899. The number of carbonyl (C=O) groups is 1. The average molecular weight is 270 g/mol. The number of hydrogen-bond donors (Lipinski definition) is 1. The lowest BCUT2D eigenvalue weighted by Gasteiger charge is -2.04. The fraction of sp³-hybridized carbons (Fsp3) is 0.400. The first-order chi connectivity index (χ1) is 8.41. The Kier molecular flexibility index (Phi) is 3.08. The summed E-state index contributed by atoms with van der Waals surface area (Å²) >= 11 is 6.12. The highest BCUT2D eigenvalue weighted by Crippen LogP contribution is 2.20. The molecule has 2 aromatic heterocycles. The Morgan fingerprint density at radius 3 is 2.56 bits per heavy atom. The molecule has 0 radical (unpaired) electrons. The number of aromatic nitrogens is 5. The van der Waals surface area contributed by atoms with Crippen LogP contribution < -0.4 is 0 Å². The van der Waals surface area contributed by atoms with Crippen LogP contribution in [0, 0.1) is 13.8 Å². The zero-order valence-corrected chi connectivity index (χ0v) is 10.9. The minimum atomic E-state index is -1.09. The van der Waals surface area contributed by atoms with E-state index in [0.717, 1.165) is 11.4 Å². The van der Waals surface area contributed by atoms with Gasteiger partial charge in [0.15, 0.2) is 5.69 Å². The molecule has 1 N–H and O–H groups in total. The third kappa shape index (κ3) is 1.97. The molecule has 0 aliphatic carbocycles. The molecule has 96 valence electrons. The number of nitrogens with zero attached hydrogens (tertiary/aromatic N) is 5. The first-order valence-electron chi connectivity index (χ1n) is 5.23. The summed E-state index contributed by atoms with van der Waals surface area (Å²) < 4.78 is 3.14. The lowest BCUT2D eigenvalue weighted by molar-refractivity contribution is 0.0689. The lowest BCUT2D eigenvalue weighted by Crippen LogP contribution is -2.09. The number of rotatable bonds is 3. The van der Waals surface area contributed by atoms with Crippen LogP contribution in [0.3, 0.4) is 0 Å². The van der Waals surface area contributed by atoms with Crippen LogP contribution in [-0.4, -0.2) is 35.9 Å². The van der Waals surface area contributed by atoms with Crippen molar-refractivity contribution in [1.29, 1.82) is 0 Å². The average Bonchev–Trinajstić information content (AvgIpc) is 2.76. The summed E-state index contributed by atoms with van der Waals surface area (Å²) in [5, 5.41) is 21.1. The highest BCUT2D eigenvalue weighted by atomic mass is 35.5. The highest BCUT2D eigenvalue weighted by Gasteiger charge is 2.18. The molecule has 8 heteroatoms. The van der Waals surface area contributed by atoms with Gasteiger partial charge in [-0.3, -0.25) is 4.68 Å². The van der Waals surface area contributed by atoms with Crippen LogP contribution in [-0.2, 0) is 13.6 Å². The summed E-state index contributed by atoms with van der Waals surface area (Å²) in [6.45, 7) is 3.80. The van der Waals surface area contributed by atoms with Crippen LogP contribution in [0.1, 0.15) is 27.6 Å². The van der Waals surface area contributed by atoms with Gasteiger partial charge in [0.25, 0.3) is 0 Å². The Balaban J connectivity index is 2.38. The van der Waals surface area contributed by atoms with Gasteiger partial charge in [-0.05, 0) is 13.8 Å². The molecule has 7 nitrogen and oxygen atoms in total. The van der Waals surface area contributed by atoms with E-state index in [4.69, 9.17) is 16.7 Å². The molecule has 2 heterocycles. The van der Waals surface area contributed by atoms with Crippen molar-refractivity contribution in [3.8, 4) is 0 Å². The second-order valence-corrected chi connectivity index (χ2v) is 4.33. The molecule has 0 aliphatic heterocycles. The van der Waals surface area contributed by atoms with E-state index in [9.17, 15) is 4.79 Å². The summed E-state index contributed by atoms with van der Waals surface area (Å²) in [6.07, 6.45) is 0. The van der Waals surface area contributed by atoms with Crippen molar-refractivity contribution in [1.82, 2.24) is 24.8 Å². The molecule has 0 spiro atoms. The monoisotopic (exact) mass is 269 g/mol. The van der Waals surface area contributed by atoms with E-state index in [2.05, 4.69) is 15.4 Å². The van der Waals surface area contributed by atoms with Gasteiger partial charge in [-0.15, -0.1) is 5.10 Å². The Morgan fingerprint density at radius 2 is 2.11 bits per heavy atom. The standard InChI is InChI=1S/C10H12ClN5O2/c1-5-8(11)7(15(3)13-5)4-16-6(2)9(10(17)18)12-14-16/h4H2,1-3H3,(H,17,18). The van der Waals surface area contributed by atoms with E-state index < -0.39 is 5.97 Å². The SMILES string of the molecule is Cc1nn(C)c(Cn2nnc(C(=O)O)c2C)c1Cl. The minimum absolute atomic E-state index is 0.0509. The molecule has 0 atom stereocenters. The molecule has 0 saturated carbocycles. The van der Waals surface area contributed by atoms with E-state index in [1.807, 2.05) is 6.92 Å². The molecule has 18 heavy (non-hydrogen) atoms. The Bertz CT molecular complexity index is 616. The molecule has 0 fully saturated rings. The number of carboxylic acids is 1. The number of carboxylic acid groups (broad SMARTS) is 1. The lowest BCUT2D eigenvalue weighted by atomic mass is 10.3. The summed E-state index contributed by atoms with van der Waals surface area (Å²) in [5.74, 6) is -1.09. The van der Waals surface area contributed by atoms with Crippen LogP contribution in [0.4, 0.5) is 0 Å². The van der Waals surface area contributed by atoms with Gasteiger partial charge in [0.1, 0.15) is 0 Å². The van der Waals surface area contributed by atoms with Gasteiger partial charge in [0.2, 0.25) is 0 Å². The molecule has 0 aromatic carbocycles. The van der Waals surface area contributed by atoms with Crippen LogP contribution >= 0.6 is 11.6 Å². The highest BCUT2D eigenvalue weighted by molar-refractivity contribution is 6.31. The van der Waals surface area contributed by atoms with Crippen molar-refractivity contribution in [3.05, 3.63) is 27.8 Å². The van der Waals surface area contributed by atoms with Gasteiger partial charge in [-0.2, -0.15) is 5.10 Å². The van der Waals surface area contributed by atoms with Crippen molar-refractivity contribution in [2.24, 2.45) is 7.05 Å². The van der Waals surface area contributed by atoms with Crippen LogP contribution in [0.15, 0.2) is 0 Å². The molecule has 0 unspecified atom stereocenters. The van der Waals surface area contributed by atoms with Crippen molar-refractivity contribution >= 4 is 17.6 Å². The molecule has 0 bridgehead atoms. The summed E-state index contributed by atoms with van der Waals surface area (Å²) in [4.78, 5) is 10.9. The first kappa shape index (κ1) is 12.6. The smallest absolute Gasteiger partial charge is 0.358 e. The molecule has 0 saturated heterocycles. The maximum Gasteiger partial charge on any atom is 0.358 e. The predicted molar refractivity (Wildman–Crippen MR) is 63.8 cm³/mol. The second-order valence-electron chi connectivity index (χ2n) is 3.96. The van der Waals surface area contributed by atoms with Gasteiger partial charge in [0.05, 0.1) is 28.6 Å². The normalized spacial score (nSPS) is 10.9. The minimum Gasteiger partial charge on any atom is -0.476 e. The first-order valence-corrected chi connectivity index (χ1v) is 5.61. The van der Waals surface area contributed by atoms with Crippen molar-refractivity contribution in [3.63, 3.8) is 0 Å². The molecular weight excluding hydrogens is 258 g/mol. The largest absolute Gasteiger partial charge is 0.476 e. The van der Waals surface area contributed by atoms with Gasteiger partial charge < -0.3 is 5.11 Å². The fourth-order valence-electron chi connectivity index (χ4n) is 1.70. The maximum absolute atomic E-state index is 10.9. The summed E-state index contributed by atoms with van der Waals surface area (Å²) in [6, 6.07) is 0. The van der Waals surface area contributed by atoms with E-state index in [1.165, 1.54) is 4.68 Å². The summed E-state index contributed by atoms with van der Waals surface area (Å²) in [7, 11) is 1.78. The molecule has 2 aromatic rings. The zero-order valence-electron chi connectivity index (χ0n) is 10.2. The van der Waals surface area contributed by atoms with Crippen LogP contribution in [0.25, 0.3) is 0 Å². The Hall–Kier alpha value is -1.89. The topological polar surface area (TPSA) is 85.8 Å². The number of aryl methyl sites for hydroxylation is 2. The van der Waals surface area contributed by atoms with Crippen LogP contribution in [0.2, 0.25) is 5.02 Å². The third-order valence-electron chi connectivity index (χ3n) is 2.75. The summed E-state index contributed by atoms with van der Waals surface area (Å²) in [5.41, 5.74) is 1.92. The molecule has 0 aliphatic rings. The zero-order chi connectivity index (χ0) is 13.4. The van der Waals surface area contributed by atoms with Gasteiger partial charge in [-0.1, -0.05) is 16.8 Å². The van der Waals surface area contributed by atoms with Gasteiger partial charge in [-0.25, -0.2) is 9.48 Å². The second kappa shape index (κ2) is 4.41. The Morgan fingerprint density at radius 1 is 1.44 bits per heavy atom. The van der Waals surface area contributed by atoms with Gasteiger partial charge in [0, 0.05) is 7.05 Å².